The van der Waals surface area contributed by atoms with Crippen LogP contribution in [-0.4, -0.2) is 24.6 Å². The van der Waals surface area contributed by atoms with Gasteiger partial charge in [0.1, 0.15) is 0 Å². The molecule has 2 heteroatoms. The Hall–Kier alpha value is 0.310. The third-order valence-electron chi connectivity index (χ3n) is 4.16. The SMILES string of the molecule is CSCC(C)CNC1CCCC(C(C)C)CC1. The lowest BCUT2D eigenvalue weighted by molar-refractivity contribution is 0.336. The van der Waals surface area contributed by atoms with Crippen LogP contribution >= 0.6 is 11.8 Å². The summed E-state index contributed by atoms with van der Waals surface area (Å²) in [4.78, 5) is 0. The van der Waals surface area contributed by atoms with Crippen molar-refractivity contribution in [1.82, 2.24) is 5.32 Å². The molecule has 0 amide bonds. The molecule has 1 saturated carbocycles. The summed E-state index contributed by atoms with van der Waals surface area (Å²) in [7, 11) is 0. The Morgan fingerprint density at radius 1 is 1.12 bits per heavy atom. The van der Waals surface area contributed by atoms with Gasteiger partial charge in [0.15, 0.2) is 0 Å². The number of rotatable bonds is 6. The van der Waals surface area contributed by atoms with Gasteiger partial charge in [-0.1, -0.05) is 33.6 Å². The summed E-state index contributed by atoms with van der Waals surface area (Å²) in [6.45, 7) is 8.34. The summed E-state index contributed by atoms with van der Waals surface area (Å²) in [5.74, 6) is 3.96. The van der Waals surface area contributed by atoms with Crippen molar-refractivity contribution in [3.05, 3.63) is 0 Å². The Balaban J connectivity index is 2.22. The average Bonchev–Trinajstić information content (AvgIpc) is 2.52. The Morgan fingerprint density at radius 2 is 1.88 bits per heavy atom. The Kier molecular flexibility index (Phi) is 7.61. The summed E-state index contributed by atoms with van der Waals surface area (Å²) in [5, 5.41) is 3.79. The van der Waals surface area contributed by atoms with Crippen LogP contribution in [0.2, 0.25) is 0 Å². The standard InChI is InChI=1S/C15H31NS/c1-12(2)14-6-5-7-15(9-8-14)16-10-13(3)11-17-4/h12-16H,5-11H2,1-4H3. The van der Waals surface area contributed by atoms with Crippen LogP contribution < -0.4 is 5.32 Å². The molecule has 0 bridgehead atoms. The van der Waals surface area contributed by atoms with Crippen molar-refractivity contribution in [3.63, 3.8) is 0 Å². The van der Waals surface area contributed by atoms with Gasteiger partial charge in [0.2, 0.25) is 0 Å². The number of nitrogens with one attached hydrogen (secondary N) is 1. The van der Waals surface area contributed by atoms with Crippen LogP contribution in [0, 0.1) is 17.8 Å². The van der Waals surface area contributed by atoms with E-state index in [1.165, 1.54) is 44.4 Å². The highest BCUT2D eigenvalue weighted by molar-refractivity contribution is 7.98. The zero-order valence-electron chi connectivity index (χ0n) is 12.2. The zero-order valence-corrected chi connectivity index (χ0v) is 13.0. The molecule has 0 radical (unpaired) electrons. The Labute approximate surface area is 113 Å². The van der Waals surface area contributed by atoms with E-state index in [2.05, 4.69) is 32.3 Å². The fraction of sp³-hybridized carbons (Fsp3) is 1.00. The van der Waals surface area contributed by atoms with Gasteiger partial charge in [-0.3, -0.25) is 0 Å². The second-order valence-electron chi connectivity index (χ2n) is 6.18. The minimum absolute atomic E-state index is 0.794. The Morgan fingerprint density at radius 3 is 2.53 bits per heavy atom. The molecule has 1 nitrogen and oxygen atoms in total. The second-order valence-corrected chi connectivity index (χ2v) is 7.09. The fourth-order valence-corrected chi connectivity index (χ4v) is 3.60. The molecule has 0 aliphatic heterocycles. The monoisotopic (exact) mass is 257 g/mol. The topological polar surface area (TPSA) is 12.0 Å². The van der Waals surface area contributed by atoms with Crippen molar-refractivity contribution in [1.29, 1.82) is 0 Å². The molecule has 3 unspecified atom stereocenters. The molecule has 3 atom stereocenters. The maximum absolute atomic E-state index is 3.79. The molecule has 1 fully saturated rings. The summed E-state index contributed by atoms with van der Waals surface area (Å²) >= 11 is 1.96. The summed E-state index contributed by atoms with van der Waals surface area (Å²) in [6.07, 6.45) is 9.32. The lowest BCUT2D eigenvalue weighted by Crippen LogP contribution is -2.33. The first-order valence-corrected chi connectivity index (χ1v) is 8.75. The van der Waals surface area contributed by atoms with Crippen LogP contribution in [0.4, 0.5) is 0 Å². The quantitative estimate of drug-likeness (QED) is 0.716. The van der Waals surface area contributed by atoms with Crippen molar-refractivity contribution in [2.75, 3.05) is 18.6 Å². The number of hydrogen-bond donors (Lipinski definition) is 1. The van der Waals surface area contributed by atoms with Crippen molar-refractivity contribution >= 4 is 11.8 Å². The normalized spacial score (nSPS) is 28.1. The van der Waals surface area contributed by atoms with Crippen LogP contribution in [0.5, 0.6) is 0 Å². The maximum Gasteiger partial charge on any atom is 0.00672 e. The number of thioether (sulfide) groups is 1. The third kappa shape index (κ3) is 6.15. The van der Waals surface area contributed by atoms with E-state index in [1.807, 2.05) is 11.8 Å². The number of hydrogen-bond acceptors (Lipinski definition) is 2. The first kappa shape index (κ1) is 15.4. The maximum atomic E-state index is 3.79. The van der Waals surface area contributed by atoms with Gasteiger partial charge in [0.05, 0.1) is 0 Å². The van der Waals surface area contributed by atoms with Crippen molar-refractivity contribution in [2.24, 2.45) is 17.8 Å². The molecule has 0 aromatic heterocycles. The minimum atomic E-state index is 0.794. The van der Waals surface area contributed by atoms with Crippen LogP contribution in [0.15, 0.2) is 0 Å². The molecular formula is C15H31NS. The molecule has 102 valence electrons. The molecular weight excluding hydrogens is 226 g/mol. The lowest BCUT2D eigenvalue weighted by Gasteiger charge is -2.20. The van der Waals surface area contributed by atoms with E-state index in [-0.39, 0.29) is 0 Å². The average molecular weight is 257 g/mol. The van der Waals surface area contributed by atoms with Crippen LogP contribution in [0.25, 0.3) is 0 Å². The van der Waals surface area contributed by atoms with E-state index in [1.54, 1.807) is 0 Å². The van der Waals surface area contributed by atoms with Crippen molar-refractivity contribution in [3.8, 4) is 0 Å². The highest BCUT2D eigenvalue weighted by Crippen LogP contribution is 2.28. The van der Waals surface area contributed by atoms with Gasteiger partial charge in [-0.25, -0.2) is 0 Å². The highest BCUT2D eigenvalue weighted by Gasteiger charge is 2.20. The van der Waals surface area contributed by atoms with Gasteiger partial charge in [0, 0.05) is 6.04 Å². The van der Waals surface area contributed by atoms with Crippen LogP contribution in [0.3, 0.4) is 0 Å². The molecule has 1 aliphatic carbocycles. The van der Waals surface area contributed by atoms with Gasteiger partial charge in [-0.15, -0.1) is 0 Å². The molecule has 1 rings (SSSR count). The zero-order chi connectivity index (χ0) is 12.7. The van der Waals surface area contributed by atoms with E-state index < -0.39 is 0 Å². The van der Waals surface area contributed by atoms with E-state index >= 15 is 0 Å². The molecule has 0 aromatic carbocycles. The van der Waals surface area contributed by atoms with Gasteiger partial charge in [-0.2, -0.15) is 11.8 Å². The van der Waals surface area contributed by atoms with E-state index in [4.69, 9.17) is 0 Å². The fourth-order valence-electron chi connectivity index (χ4n) is 2.91. The first-order chi connectivity index (χ1) is 8.13. The highest BCUT2D eigenvalue weighted by atomic mass is 32.2. The lowest BCUT2D eigenvalue weighted by atomic mass is 9.89. The molecule has 17 heavy (non-hydrogen) atoms. The molecule has 1 N–H and O–H groups in total. The molecule has 0 heterocycles. The molecule has 0 spiro atoms. The third-order valence-corrected chi connectivity index (χ3v) is 5.06. The molecule has 0 aromatic rings. The molecule has 1 aliphatic rings. The predicted molar refractivity (Wildman–Crippen MR) is 80.7 cm³/mol. The van der Waals surface area contributed by atoms with Gasteiger partial charge in [-0.05, 0) is 55.6 Å². The Bertz CT molecular complexity index is 193. The van der Waals surface area contributed by atoms with E-state index in [9.17, 15) is 0 Å². The summed E-state index contributed by atoms with van der Waals surface area (Å²) < 4.78 is 0. The summed E-state index contributed by atoms with van der Waals surface area (Å²) in [5.41, 5.74) is 0. The van der Waals surface area contributed by atoms with Crippen molar-refractivity contribution in [2.45, 2.75) is 58.9 Å². The van der Waals surface area contributed by atoms with Crippen LogP contribution in [0.1, 0.15) is 52.9 Å². The largest absolute Gasteiger partial charge is 0.314 e. The first-order valence-electron chi connectivity index (χ1n) is 7.35. The van der Waals surface area contributed by atoms with E-state index in [0.29, 0.717) is 0 Å². The summed E-state index contributed by atoms with van der Waals surface area (Å²) in [6, 6.07) is 0.794. The molecule has 0 saturated heterocycles. The smallest absolute Gasteiger partial charge is 0.00672 e. The van der Waals surface area contributed by atoms with Gasteiger partial charge < -0.3 is 5.32 Å². The second kappa shape index (κ2) is 8.42. The van der Waals surface area contributed by atoms with Crippen molar-refractivity contribution < 1.29 is 0 Å². The van der Waals surface area contributed by atoms with Crippen LogP contribution in [-0.2, 0) is 0 Å². The van der Waals surface area contributed by atoms with Gasteiger partial charge >= 0.3 is 0 Å². The predicted octanol–water partition coefficient (Wildman–Crippen LogP) is 4.18. The van der Waals surface area contributed by atoms with Gasteiger partial charge in [0.25, 0.3) is 0 Å². The minimum Gasteiger partial charge on any atom is -0.314 e. The van der Waals surface area contributed by atoms with E-state index in [0.717, 1.165) is 23.8 Å².